The van der Waals surface area contributed by atoms with Crippen molar-refractivity contribution in [3.05, 3.63) is 260 Å². The van der Waals surface area contributed by atoms with Crippen LogP contribution in [0.2, 0.25) is 0 Å². The normalized spacial score (nSPS) is 13.7. The van der Waals surface area contributed by atoms with Gasteiger partial charge in [0.1, 0.15) is 11.2 Å². The Morgan fingerprint density at radius 1 is 0.388 bits per heavy atom. The van der Waals surface area contributed by atoms with Crippen molar-refractivity contribution in [1.82, 2.24) is 0 Å². The summed E-state index contributed by atoms with van der Waals surface area (Å²) in [5.41, 5.74) is 19.7. The first-order valence-corrected chi connectivity index (χ1v) is 23.3. The van der Waals surface area contributed by atoms with E-state index in [9.17, 15) is 0 Å². The monoisotopic (exact) mass is 857 g/mol. The molecule has 0 N–H and O–H groups in total. The molecule has 1 unspecified atom stereocenters. The second-order valence-electron chi connectivity index (χ2n) is 17.7. The van der Waals surface area contributed by atoms with Gasteiger partial charge in [-0.25, -0.2) is 0 Å². The topological polar surface area (TPSA) is 16.4 Å². The van der Waals surface area contributed by atoms with Crippen molar-refractivity contribution in [2.45, 2.75) is 13.3 Å². The standard InChI is InChI=1S/C65H47NO/c1-44-12-9-20-59(49-14-3-2-4-15-49)64(44)51-34-40-58(41-35-51)66(57-38-32-50(33-39-57)60-21-11-22-62-61-19-7-8-23-63(61)67-65(60)62)56-36-30-47(31-37-56)46-24-26-48(27-25-46)53-17-10-18-54(42-53)55-29-28-45-13-5-6-16-52(45)43-55/h2-11,13-44H,12H2,1H3. The molecule has 67 heavy (non-hydrogen) atoms. The van der Waals surface area contributed by atoms with Crippen LogP contribution < -0.4 is 4.90 Å². The van der Waals surface area contributed by atoms with E-state index in [0.717, 1.165) is 56.5 Å². The highest BCUT2D eigenvalue weighted by atomic mass is 16.3. The molecule has 0 amide bonds. The van der Waals surface area contributed by atoms with E-state index >= 15 is 0 Å². The van der Waals surface area contributed by atoms with Gasteiger partial charge in [0.15, 0.2) is 0 Å². The van der Waals surface area contributed by atoms with Crippen molar-refractivity contribution < 1.29 is 4.42 Å². The van der Waals surface area contributed by atoms with Crippen LogP contribution in [-0.2, 0) is 0 Å². The Labute approximate surface area is 392 Å². The van der Waals surface area contributed by atoms with Crippen LogP contribution in [0.4, 0.5) is 17.1 Å². The Morgan fingerprint density at radius 3 is 1.61 bits per heavy atom. The number of hydrogen-bond acceptors (Lipinski definition) is 2. The molecule has 2 nitrogen and oxygen atoms in total. The average Bonchev–Trinajstić information content (AvgIpc) is 3.79. The molecule has 0 bridgehead atoms. The first-order valence-electron chi connectivity index (χ1n) is 23.3. The van der Waals surface area contributed by atoms with Gasteiger partial charge in [0.25, 0.3) is 0 Å². The number of anilines is 3. The lowest BCUT2D eigenvalue weighted by Gasteiger charge is -2.27. The lowest BCUT2D eigenvalue weighted by atomic mass is 9.81. The van der Waals surface area contributed by atoms with E-state index in [-0.39, 0.29) is 0 Å². The Morgan fingerprint density at radius 2 is 0.896 bits per heavy atom. The number of furan rings is 1. The Bertz CT molecular complexity index is 3630. The maximum Gasteiger partial charge on any atom is 0.143 e. The quantitative estimate of drug-likeness (QED) is 0.144. The van der Waals surface area contributed by atoms with Crippen molar-refractivity contribution in [1.29, 1.82) is 0 Å². The summed E-state index contributed by atoms with van der Waals surface area (Å²) in [5, 5.41) is 4.78. The van der Waals surface area contributed by atoms with Gasteiger partial charge in [-0.1, -0.05) is 201 Å². The summed E-state index contributed by atoms with van der Waals surface area (Å²) >= 11 is 0. The largest absolute Gasteiger partial charge is 0.455 e. The Kier molecular flexibility index (Phi) is 10.3. The predicted molar refractivity (Wildman–Crippen MR) is 284 cm³/mol. The van der Waals surface area contributed by atoms with Gasteiger partial charge in [0, 0.05) is 33.4 Å². The number of nitrogens with zero attached hydrogens (tertiary/aromatic N) is 1. The van der Waals surface area contributed by atoms with Crippen LogP contribution >= 0.6 is 0 Å². The van der Waals surface area contributed by atoms with Crippen LogP contribution in [0.1, 0.15) is 24.5 Å². The van der Waals surface area contributed by atoms with Crippen LogP contribution in [0.15, 0.2) is 253 Å². The van der Waals surface area contributed by atoms with Crippen LogP contribution in [0.5, 0.6) is 0 Å². The molecule has 2 heteroatoms. The summed E-state index contributed by atoms with van der Waals surface area (Å²) in [4.78, 5) is 2.36. The van der Waals surface area contributed by atoms with Gasteiger partial charge >= 0.3 is 0 Å². The molecular formula is C65H47NO. The minimum absolute atomic E-state index is 0.410. The number of allylic oxidation sites excluding steroid dienone is 4. The molecule has 1 aromatic heterocycles. The molecule has 0 saturated carbocycles. The molecule has 0 fully saturated rings. The van der Waals surface area contributed by atoms with Gasteiger partial charge < -0.3 is 9.32 Å². The van der Waals surface area contributed by atoms with Crippen LogP contribution in [-0.4, -0.2) is 0 Å². The minimum atomic E-state index is 0.410. The lowest BCUT2D eigenvalue weighted by molar-refractivity contribution is 0.670. The number of benzene rings is 10. The molecule has 1 heterocycles. The van der Waals surface area contributed by atoms with Crippen molar-refractivity contribution in [2.75, 3.05) is 4.90 Å². The minimum Gasteiger partial charge on any atom is -0.455 e. The predicted octanol–water partition coefficient (Wildman–Crippen LogP) is 18.4. The molecule has 0 aliphatic heterocycles. The van der Waals surface area contributed by atoms with Crippen molar-refractivity contribution in [3.8, 4) is 44.5 Å². The van der Waals surface area contributed by atoms with E-state index in [1.165, 1.54) is 66.4 Å². The molecule has 0 spiro atoms. The number of fused-ring (bicyclic) bond motifs is 4. The number of para-hydroxylation sites is 2. The Hall–Kier alpha value is -8.46. The molecule has 318 valence electrons. The van der Waals surface area contributed by atoms with E-state index in [2.05, 4.69) is 248 Å². The second-order valence-corrected chi connectivity index (χ2v) is 17.7. The highest BCUT2D eigenvalue weighted by Crippen LogP contribution is 2.43. The second kappa shape index (κ2) is 17.2. The summed E-state index contributed by atoms with van der Waals surface area (Å²) in [6, 6.07) is 85.7. The molecule has 1 aliphatic rings. The third-order valence-corrected chi connectivity index (χ3v) is 13.5. The molecule has 0 saturated heterocycles. The van der Waals surface area contributed by atoms with Gasteiger partial charge in [-0.15, -0.1) is 0 Å². The fourth-order valence-electron chi connectivity index (χ4n) is 10.1. The SMILES string of the molecule is CC1CC=CC(c2ccccc2)=C1c1ccc(N(c2ccc(-c3ccc(-c4cccc(-c5ccc6ccccc6c5)c4)cc3)cc2)c2ccc(-c3cccc4c3oc3ccccc34)cc2)cc1. The molecular weight excluding hydrogens is 811 g/mol. The highest BCUT2D eigenvalue weighted by molar-refractivity contribution is 6.09. The first kappa shape index (κ1) is 40.1. The molecule has 12 rings (SSSR count). The first-order chi connectivity index (χ1) is 33.1. The zero-order chi connectivity index (χ0) is 44.7. The van der Waals surface area contributed by atoms with E-state index in [4.69, 9.17) is 4.42 Å². The fourth-order valence-corrected chi connectivity index (χ4v) is 10.1. The zero-order valence-corrected chi connectivity index (χ0v) is 37.3. The number of hydrogen-bond donors (Lipinski definition) is 0. The van der Waals surface area contributed by atoms with E-state index < -0.39 is 0 Å². The van der Waals surface area contributed by atoms with Crippen LogP contribution in [0.3, 0.4) is 0 Å². The van der Waals surface area contributed by atoms with Crippen molar-refractivity contribution >= 4 is 60.9 Å². The highest BCUT2D eigenvalue weighted by Gasteiger charge is 2.21. The summed E-state index contributed by atoms with van der Waals surface area (Å²) < 4.78 is 6.45. The van der Waals surface area contributed by atoms with E-state index in [1.54, 1.807) is 0 Å². The molecule has 1 aliphatic carbocycles. The number of rotatable bonds is 9. The fraction of sp³-hybridized carbons (Fsp3) is 0.0462. The summed E-state index contributed by atoms with van der Waals surface area (Å²) in [7, 11) is 0. The molecule has 1 atom stereocenters. The van der Waals surface area contributed by atoms with Crippen LogP contribution in [0, 0.1) is 5.92 Å². The third kappa shape index (κ3) is 7.63. The van der Waals surface area contributed by atoms with E-state index in [0.29, 0.717) is 5.92 Å². The van der Waals surface area contributed by atoms with E-state index in [1.807, 2.05) is 12.1 Å². The molecule has 0 radical (unpaired) electrons. The summed E-state index contributed by atoms with van der Waals surface area (Å²) in [6.07, 6.45) is 5.65. The maximum atomic E-state index is 6.45. The zero-order valence-electron chi connectivity index (χ0n) is 37.3. The van der Waals surface area contributed by atoms with Crippen molar-refractivity contribution in [3.63, 3.8) is 0 Å². The van der Waals surface area contributed by atoms with Gasteiger partial charge in [-0.2, -0.15) is 0 Å². The average molecular weight is 858 g/mol. The molecule has 10 aromatic carbocycles. The van der Waals surface area contributed by atoms with Gasteiger partial charge in [0.05, 0.1) is 0 Å². The molecule has 11 aromatic rings. The Balaban J connectivity index is 0.875. The van der Waals surface area contributed by atoms with Gasteiger partial charge in [-0.05, 0) is 139 Å². The summed E-state index contributed by atoms with van der Waals surface area (Å²) in [6.45, 7) is 2.34. The van der Waals surface area contributed by atoms with Gasteiger partial charge in [-0.3, -0.25) is 0 Å². The van der Waals surface area contributed by atoms with Gasteiger partial charge in [0.2, 0.25) is 0 Å². The third-order valence-electron chi connectivity index (χ3n) is 13.5. The summed E-state index contributed by atoms with van der Waals surface area (Å²) in [5.74, 6) is 0.410. The lowest BCUT2D eigenvalue weighted by Crippen LogP contribution is -2.10. The smallest absolute Gasteiger partial charge is 0.143 e. The van der Waals surface area contributed by atoms with Crippen molar-refractivity contribution in [2.24, 2.45) is 5.92 Å². The maximum absolute atomic E-state index is 6.45. The van der Waals surface area contributed by atoms with Crippen LogP contribution in [0.25, 0.3) is 88.4 Å².